The van der Waals surface area contributed by atoms with E-state index < -0.39 is 0 Å². The van der Waals surface area contributed by atoms with E-state index in [1.54, 1.807) is 7.11 Å². The molecule has 1 aliphatic heterocycles. The Labute approximate surface area is 117 Å². The number of anilines is 3. The average Bonchev–Trinajstić information content (AvgIpc) is 2.48. The van der Waals surface area contributed by atoms with Crippen LogP contribution in [0.5, 0.6) is 0 Å². The summed E-state index contributed by atoms with van der Waals surface area (Å²) in [6, 6.07) is 0.0885. The van der Waals surface area contributed by atoms with Crippen LogP contribution in [0.2, 0.25) is 0 Å². The summed E-state index contributed by atoms with van der Waals surface area (Å²) < 4.78 is 10.4. The highest BCUT2D eigenvalue weighted by Crippen LogP contribution is 2.15. The van der Waals surface area contributed by atoms with Crippen LogP contribution in [0.15, 0.2) is 0 Å². The van der Waals surface area contributed by atoms with Gasteiger partial charge in [0.1, 0.15) is 0 Å². The predicted octanol–water partition coefficient (Wildman–Crippen LogP) is -0.559. The zero-order chi connectivity index (χ0) is 14.4. The third-order valence-electron chi connectivity index (χ3n) is 2.84. The van der Waals surface area contributed by atoms with Crippen LogP contribution in [0.1, 0.15) is 6.92 Å². The van der Waals surface area contributed by atoms with Gasteiger partial charge in [-0.15, -0.1) is 0 Å². The minimum Gasteiger partial charge on any atom is -0.383 e. The smallest absolute Gasteiger partial charge is 0.243 e. The molecule has 1 aromatic heterocycles. The zero-order valence-corrected chi connectivity index (χ0v) is 11.8. The maximum Gasteiger partial charge on any atom is 0.243 e. The molecule has 2 heterocycles. The quantitative estimate of drug-likeness (QED) is 0.467. The van der Waals surface area contributed by atoms with Gasteiger partial charge in [0.05, 0.1) is 19.8 Å². The second-order valence-corrected chi connectivity index (χ2v) is 4.53. The van der Waals surface area contributed by atoms with Crippen molar-refractivity contribution in [1.82, 2.24) is 15.0 Å². The number of methoxy groups -OCH3 is 1. The van der Waals surface area contributed by atoms with E-state index in [0.29, 0.717) is 37.7 Å². The van der Waals surface area contributed by atoms with E-state index in [9.17, 15) is 0 Å². The Bertz CT molecular complexity index is 425. The van der Waals surface area contributed by atoms with Gasteiger partial charge in [-0.1, -0.05) is 0 Å². The molecule has 9 heteroatoms. The van der Waals surface area contributed by atoms with Gasteiger partial charge < -0.3 is 19.7 Å². The Morgan fingerprint density at radius 1 is 1.30 bits per heavy atom. The normalized spacial score (nSPS) is 16.9. The minimum absolute atomic E-state index is 0.0885. The molecule has 1 aliphatic rings. The number of hydrazine groups is 1. The first-order valence-electron chi connectivity index (χ1n) is 6.53. The number of nitrogens with two attached hydrogens (primary N) is 1. The van der Waals surface area contributed by atoms with E-state index in [-0.39, 0.29) is 6.04 Å². The molecule has 0 aliphatic carbocycles. The summed E-state index contributed by atoms with van der Waals surface area (Å²) in [7, 11) is 1.65. The lowest BCUT2D eigenvalue weighted by molar-refractivity contribution is 0.122. The van der Waals surface area contributed by atoms with Gasteiger partial charge in [-0.3, -0.25) is 5.43 Å². The second-order valence-electron chi connectivity index (χ2n) is 4.53. The average molecular weight is 283 g/mol. The molecule has 0 amide bonds. The number of aromatic nitrogens is 3. The van der Waals surface area contributed by atoms with Gasteiger partial charge in [-0.25, -0.2) is 5.84 Å². The molecule has 1 unspecified atom stereocenters. The van der Waals surface area contributed by atoms with Crippen LogP contribution >= 0.6 is 0 Å². The number of morpholine rings is 1. The molecule has 20 heavy (non-hydrogen) atoms. The summed E-state index contributed by atoms with van der Waals surface area (Å²) >= 11 is 0. The number of ether oxygens (including phenoxy) is 2. The first-order valence-corrected chi connectivity index (χ1v) is 6.53. The Morgan fingerprint density at radius 2 is 2.00 bits per heavy atom. The van der Waals surface area contributed by atoms with Crippen LogP contribution in [-0.4, -0.2) is 61.0 Å². The van der Waals surface area contributed by atoms with Crippen molar-refractivity contribution in [3.05, 3.63) is 0 Å². The van der Waals surface area contributed by atoms with Crippen LogP contribution in [0.4, 0.5) is 17.8 Å². The van der Waals surface area contributed by atoms with Gasteiger partial charge in [0.25, 0.3) is 0 Å². The lowest BCUT2D eigenvalue weighted by Crippen LogP contribution is -2.38. The highest BCUT2D eigenvalue weighted by molar-refractivity contribution is 5.43. The van der Waals surface area contributed by atoms with Crippen LogP contribution in [0.25, 0.3) is 0 Å². The molecule has 0 bridgehead atoms. The lowest BCUT2D eigenvalue weighted by Gasteiger charge is -2.27. The molecule has 0 aromatic carbocycles. The van der Waals surface area contributed by atoms with Gasteiger partial charge in [-0.05, 0) is 6.92 Å². The Morgan fingerprint density at radius 3 is 2.65 bits per heavy atom. The summed E-state index contributed by atoms with van der Waals surface area (Å²) in [6.07, 6.45) is 0. The molecule has 4 N–H and O–H groups in total. The monoisotopic (exact) mass is 283 g/mol. The first-order chi connectivity index (χ1) is 9.72. The maximum atomic E-state index is 5.41. The van der Waals surface area contributed by atoms with Crippen LogP contribution in [0.3, 0.4) is 0 Å². The number of hydrogen-bond acceptors (Lipinski definition) is 9. The number of nitrogen functional groups attached to an aromatic ring is 1. The summed E-state index contributed by atoms with van der Waals surface area (Å²) in [5.41, 5.74) is 2.46. The third kappa shape index (κ3) is 3.89. The topological polar surface area (TPSA) is 110 Å². The van der Waals surface area contributed by atoms with E-state index in [4.69, 9.17) is 15.3 Å². The molecular formula is C11H21N7O2. The largest absolute Gasteiger partial charge is 0.383 e. The molecule has 0 radical (unpaired) electrons. The molecule has 1 atom stereocenters. The molecule has 9 nitrogen and oxygen atoms in total. The highest BCUT2D eigenvalue weighted by atomic mass is 16.5. The molecule has 0 saturated carbocycles. The Kier molecular flexibility index (Phi) is 5.27. The fourth-order valence-corrected chi connectivity index (χ4v) is 1.91. The van der Waals surface area contributed by atoms with Gasteiger partial charge in [0.15, 0.2) is 0 Å². The number of nitrogens with one attached hydrogen (secondary N) is 2. The van der Waals surface area contributed by atoms with Gasteiger partial charge in [0, 0.05) is 26.2 Å². The first kappa shape index (κ1) is 14.7. The zero-order valence-electron chi connectivity index (χ0n) is 11.8. The molecule has 1 aromatic rings. The van der Waals surface area contributed by atoms with Gasteiger partial charge >= 0.3 is 0 Å². The van der Waals surface area contributed by atoms with Crippen molar-refractivity contribution in [2.24, 2.45) is 5.84 Å². The number of hydrogen-bond donors (Lipinski definition) is 3. The van der Waals surface area contributed by atoms with Crippen molar-refractivity contribution in [1.29, 1.82) is 0 Å². The van der Waals surface area contributed by atoms with Crippen LogP contribution in [0, 0.1) is 0 Å². The van der Waals surface area contributed by atoms with Crippen molar-refractivity contribution in [2.45, 2.75) is 13.0 Å². The van der Waals surface area contributed by atoms with E-state index in [2.05, 4.69) is 25.7 Å². The van der Waals surface area contributed by atoms with E-state index in [1.807, 2.05) is 11.8 Å². The standard InChI is InChI=1S/C11H21N7O2/c1-8(7-19-2)13-9-14-10(17-12)16-11(15-9)18-3-5-20-6-4-18/h8H,3-7,12H2,1-2H3,(H2,13,14,15,16,17). The molecule has 2 rings (SSSR count). The van der Waals surface area contributed by atoms with Crippen molar-refractivity contribution in [3.8, 4) is 0 Å². The van der Waals surface area contributed by atoms with Gasteiger partial charge in [0.2, 0.25) is 17.8 Å². The second kappa shape index (κ2) is 7.17. The van der Waals surface area contributed by atoms with E-state index in [0.717, 1.165) is 13.1 Å². The Hall–Kier alpha value is -1.71. The summed E-state index contributed by atoms with van der Waals surface area (Å²) in [6.45, 7) is 5.38. The maximum absolute atomic E-state index is 5.41. The fraction of sp³-hybridized carbons (Fsp3) is 0.727. The fourth-order valence-electron chi connectivity index (χ4n) is 1.91. The van der Waals surface area contributed by atoms with E-state index in [1.165, 1.54) is 0 Å². The van der Waals surface area contributed by atoms with Crippen LogP contribution < -0.4 is 21.5 Å². The minimum atomic E-state index is 0.0885. The summed E-state index contributed by atoms with van der Waals surface area (Å²) in [5, 5.41) is 3.16. The van der Waals surface area contributed by atoms with Crippen molar-refractivity contribution >= 4 is 17.8 Å². The van der Waals surface area contributed by atoms with Crippen molar-refractivity contribution in [3.63, 3.8) is 0 Å². The molecule has 1 saturated heterocycles. The van der Waals surface area contributed by atoms with Crippen molar-refractivity contribution < 1.29 is 9.47 Å². The predicted molar refractivity (Wildman–Crippen MR) is 75.6 cm³/mol. The molecule has 1 fully saturated rings. The lowest BCUT2D eigenvalue weighted by atomic mass is 10.4. The Balaban J connectivity index is 2.14. The van der Waals surface area contributed by atoms with Gasteiger partial charge in [-0.2, -0.15) is 15.0 Å². The molecule has 0 spiro atoms. The molecular weight excluding hydrogens is 262 g/mol. The summed E-state index contributed by atoms with van der Waals surface area (Å²) in [5.74, 6) is 6.79. The SMILES string of the molecule is COCC(C)Nc1nc(NN)nc(N2CCOCC2)n1. The molecule has 112 valence electrons. The third-order valence-corrected chi connectivity index (χ3v) is 2.84. The number of rotatable bonds is 6. The number of nitrogens with zero attached hydrogens (tertiary/aromatic N) is 4. The van der Waals surface area contributed by atoms with E-state index >= 15 is 0 Å². The van der Waals surface area contributed by atoms with Crippen molar-refractivity contribution in [2.75, 3.05) is 55.7 Å². The van der Waals surface area contributed by atoms with Crippen LogP contribution in [-0.2, 0) is 9.47 Å². The summed E-state index contributed by atoms with van der Waals surface area (Å²) in [4.78, 5) is 14.9. The highest BCUT2D eigenvalue weighted by Gasteiger charge is 2.17.